The predicted molar refractivity (Wildman–Crippen MR) is 68.0 cm³/mol. The molecule has 4 heteroatoms. The van der Waals surface area contributed by atoms with Gasteiger partial charge in [-0.3, -0.25) is 0 Å². The van der Waals surface area contributed by atoms with E-state index in [1.807, 2.05) is 20.8 Å². The Morgan fingerprint density at radius 1 is 1.39 bits per heavy atom. The van der Waals surface area contributed by atoms with Gasteiger partial charge < -0.3 is 20.1 Å². The molecule has 18 heavy (non-hydrogen) atoms. The van der Waals surface area contributed by atoms with E-state index < -0.39 is 11.7 Å². The van der Waals surface area contributed by atoms with E-state index >= 15 is 0 Å². The van der Waals surface area contributed by atoms with Gasteiger partial charge in [0.05, 0.1) is 6.10 Å². The number of benzene rings is 1. The Kier molecular flexibility index (Phi) is 3.15. The van der Waals surface area contributed by atoms with E-state index in [9.17, 15) is 15.3 Å². The zero-order chi connectivity index (χ0) is 13.5. The molecule has 1 aliphatic heterocycles. The SMILES string of the molecule is CCC1(C(C)C)Oc2cc(O)cc(O)c2C[C@@H]1O. The van der Waals surface area contributed by atoms with Gasteiger partial charge in [-0.2, -0.15) is 0 Å². The molecule has 0 spiro atoms. The third kappa shape index (κ3) is 1.81. The number of phenols is 2. The maximum absolute atomic E-state index is 10.3. The number of rotatable bonds is 2. The Labute approximate surface area is 107 Å². The van der Waals surface area contributed by atoms with Gasteiger partial charge in [-0.1, -0.05) is 20.8 Å². The molecule has 1 unspecified atom stereocenters. The van der Waals surface area contributed by atoms with Crippen molar-refractivity contribution in [2.75, 3.05) is 0 Å². The Morgan fingerprint density at radius 3 is 2.61 bits per heavy atom. The van der Waals surface area contributed by atoms with Crippen molar-refractivity contribution in [3.05, 3.63) is 17.7 Å². The van der Waals surface area contributed by atoms with Gasteiger partial charge in [0, 0.05) is 24.1 Å². The lowest BCUT2D eigenvalue weighted by Crippen LogP contribution is -2.54. The second-order valence-corrected chi connectivity index (χ2v) is 5.23. The molecule has 3 N–H and O–H groups in total. The van der Waals surface area contributed by atoms with E-state index in [0.29, 0.717) is 24.2 Å². The lowest BCUT2D eigenvalue weighted by atomic mass is 9.78. The van der Waals surface area contributed by atoms with Gasteiger partial charge >= 0.3 is 0 Å². The highest BCUT2D eigenvalue weighted by molar-refractivity contribution is 5.51. The average Bonchev–Trinajstić information content (AvgIpc) is 2.29. The van der Waals surface area contributed by atoms with Crippen LogP contribution in [0.4, 0.5) is 0 Å². The van der Waals surface area contributed by atoms with Gasteiger partial charge in [0.25, 0.3) is 0 Å². The number of hydrogen-bond acceptors (Lipinski definition) is 4. The van der Waals surface area contributed by atoms with Gasteiger partial charge in [0.15, 0.2) is 0 Å². The van der Waals surface area contributed by atoms with E-state index in [-0.39, 0.29) is 17.4 Å². The van der Waals surface area contributed by atoms with Crippen molar-refractivity contribution in [1.29, 1.82) is 0 Å². The molecule has 0 radical (unpaired) electrons. The van der Waals surface area contributed by atoms with Crippen LogP contribution in [0, 0.1) is 5.92 Å². The zero-order valence-electron chi connectivity index (χ0n) is 11.0. The van der Waals surface area contributed by atoms with Crippen LogP contribution >= 0.6 is 0 Å². The molecule has 2 rings (SSSR count). The smallest absolute Gasteiger partial charge is 0.137 e. The molecular formula is C14H20O4. The van der Waals surface area contributed by atoms with Crippen molar-refractivity contribution in [2.24, 2.45) is 5.92 Å². The molecule has 0 aliphatic carbocycles. The Hall–Kier alpha value is -1.42. The summed E-state index contributed by atoms with van der Waals surface area (Å²) in [7, 11) is 0. The first-order chi connectivity index (χ1) is 8.40. The predicted octanol–water partition coefficient (Wildman–Crippen LogP) is 2.20. The van der Waals surface area contributed by atoms with Crippen LogP contribution in [0.2, 0.25) is 0 Å². The lowest BCUT2D eigenvalue weighted by Gasteiger charge is -2.45. The van der Waals surface area contributed by atoms with Crippen LogP contribution in [-0.2, 0) is 6.42 Å². The van der Waals surface area contributed by atoms with Crippen LogP contribution in [0.1, 0.15) is 32.8 Å². The number of aromatic hydroxyl groups is 2. The summed E-state index contributed by atoms with van der Waals surface area (Å²) in [6, 6.07) is 2.76. The third-order valence-electron chi connectivity index (χ3n) is 3.96. The molecule has 0 amide bonds. The second kappa shape index (κ2) is 4.35. The average molecular weight is 252 g/mol. The van der Waals surface area contributed by atoms with Gasteiger partial charge in [0.1, 0.15) is 22.8 Å². The quantitative estimate of drug-likeness (QED) is 0.754. The van der Waals surface area contributed by atoms with Crippen LogP contribution in [0.25, 0.3) is 0 Å². The van der Waals surface area contributed by atoms with Crippen LogP contribution < -0.4 is 4.74 Å². The van der Waals surface area contributed by atoms with Crippen LogP contribution in [0.5, 0.6) is 17.2 Å². The molecule has 0 aromatic heterocycles. The molecule has 1 heterocycles. The molecule has 0 saturated carbocycles. The summed E-state index contributed by atoms with van der Waals surface area (Å²) in [5.41, 5.74) is -0.0993. The van der Waals surface area contributed by atoms with Crippen LogP contribution in [0.3, 0.4) is 0 Å². The highest BCUT2D eigenvalue weighted by atomic mass is 16.5. The van der Waals surface area contributed by atoms with Gasteiger partial charge in [-0.05, 0) is 12.3 Å². The maximum atomic E-state index is 10.3. The Balaban J connectivity index is 2.50. The van der Waals surface area contributed by atoms with E-state index in [0.717, 1.165) is 0 Å². The van der Waals surface area contributed by atoms with Crippen LogP contribution in [0.15, 0.2) is 12.1 Å². The molecule has 4 nitrogen and oxygen atoms in total. The number of aliphatic hydroxyl groups excluding tert-OH is 1. The topological polar surface area (TPSA) is 69.9 Å². The van der Waals surface area contributed by atoms with Crippen molar-refractivity contribution < 1.29 is 20.1 Å². The minimum absolute atomic E-state index is 0.0301. The molecular weight excluding hydrogens is 232 g/mol. The van der Waals surface area contributed by atoms with Crippen molar-refractivity contribution >= 4 is 0 Å². The fraction of sp³-hybridized carbons (Fsp3) is 0.571. The monoisotopic (exact) mass is 252 g/mol. The fourth-order valence-electron chi connectivity index (χ4n) is 2.77. The number of aliphatic hydroxyl groups is 1. The molecule has 1 aromatic rings. The van der Waals surface area contributed by atoms with E-state index in [1.165, 1.54) is 12.1 Å². The van der Waals surface area contributed by atoms with Crippen molar-refractivity contribution in [3.63, 3.8) is 0 Å². The summed E-state index contributed by atoms with van der Waals surface area (Å²) in [5, 5.41) is 29.6. The number of ether oxygens (including phenoxy) is 1. The summed E-state index contributed by atoms with van der Waals surface area (Å²) in [4.78, 5) is 0. The fourth-order valence-corrected chi connectivity index (χ4v) is 2.77. The summed E-state index contributed by atoms with van der Waals surface area (Å²) in [6.45, 7) is 5.97. The molecule has 100 valence electrons. The molecule has 1 aliphatic rings. The summed E-state index contributed by atoms with van der Waals surface area (Å²) in [6.07, 6.45) is 0.347. The molecule has 0 bridgehead atoms. The number of phenolic OH excluding ortho intramolecular Hbond substituents is 2. The third-order valence-corrected chi connectivity index (χ3v) is 3.96. The van der Waals surface area contributed by atoms with Crippen molar-refractivity contribution in [1.82, 2.24) is 0 Å². The van der Waals surface area contributed by atoms with E-state index in [4.69, 9.17) is 4.74 Å². The summed E-state index contributed by atoms with van der Waals surface area (Å²) >= 11 is 0. The minimum Gasteiger partial charge on any atom is -0.508 e. The highest BCUT2D eigenvalue weighted by Crippen LogP contribution is 2.44. The minimum atomic E-state index is -0.662. The van der Waals surface area contributed by atoms with Crippen molar-refractivity contribution in [2.45, 2.75) is 45.3 Å². The largest absolute Gasteiger partial charge is 0.508 e. The Morgan fingerprint density at radius 2 is 2.06 bits per heavy atom. The van der Waals surface area contributed by atoms with Crippen LogP contribution in [-0.4, -0.2) is 27.0 Å². The standard InChI is InChI=1S/C14H20O4/c1-4-14(8(2)3)13(17)7-10-11(16)5-9(15)6-12(10)18-14/h5-6,8,13,15-17H,4,7H2,1-3H3/t13-,14?/m0/s1. The number of hydrogen-bond donors (Lipinski definition) is 3. The van der Waals surface area contributed by atoms with E-state index in [2.05, 4.69) is 0 Å². The number of fused-ring (bicyclic) bond motifs is 1. The van der Waals surface area contributed by atoms with Crippen molar-refractivity contribution in [3.8, 4) is 17.2 Å². The maximum Gasteiger partial charge on any atom is 0.137 e. The first kappa shape index (κ1) is 13.0. The molecule has 0 saturated heterocycles. The normalized spacial score (nSPS) is 26.8. The van der Waals surface area contributed by atoms with Gasteiger partial charge in [-0.15, -0.1) is 0 Å². The van der Waals surface area contributed by atoms with Gasteiger partial charge in [0.2, 0.25) is 0 Å². The summed E-state index contributed by atoms with van der Waals surface area (Å²) in [5.74, 6) is 0.539. The van der Waals surface area contributed by atoms with E-state index in [1.54, 1.807) is 0 Å². The lowest BCUT2D eigenvalue weighted by molar-refractivity contribution is -0.0990. The summed E-state index contributed by atoms with van der Waals surface area (Å²) < 4.78 is 5.93. The highest BCUT2D eigenvalue weighted by Gasteiger charge is 2.46. The Bertz CT molecular complexity index is 455. The van der Waals surface area contributed by atoms with Gasteiger partial charge in [-0.25, -0.2) is 0 Å². The molecule has 2 atom stereocenters. The molecule has 0 fully saturated rings. The second-order valence-electron chi connectivity index (χ2n) is 5.23. The molecule has 1 aromatic carbocycles. The first-order valence-corrected chi connectivity index (χ1v) is 6.32. The zero-order valence-corrected chi connectivity index (χ0v) is 11.0. The first-order valence-electron chi connectivity index (χ1n) is 6.32.